The molecule has 46 heavy (non-hydrogen) atoms. The van der Waals surface area contributed by atoms with Crippen LogP contribution >= 0.6 is 12.4 Å². The number of hydrogen-bond donors (Lipinski definition) is 0. The highest BCUT2D eigenvalue weighted by Gasteiger charge is 2.43. The molecule has 2 aromatic carbocycles. The molecule has 3 fully saturated rings. The first-order valence-corrected chi connectivity index (χ1v) is 15.4. The molecule has 0 radical (unpaired) electrons. The van der Waals surface area contributed by atoms with Crippen molar-refractivity contribution in [1.29, 1.82) is 0 Å². The topological polar surface area (TPSA) is 43.9 Å². The second-order valence-corrected chi connectivity index (χ2v) is 12.8. The average Bonchev–Trinajstić information content (AvgIpc) is 3.80. The van der Waals surface area contributed by atoms with Crippen molar-refractivity contribution in [2.45, 2.75) is 76.8 Å². The zero-order valence-corrected chi connectivity index (χ0v) is 26.6. The van der Waals surface area contributed by atoms with Gasteiger partial charge in [-0.15, -0.1) is 12.4 Å². The second kappa shape index (κ2) is 14.1. The summed E-state index contributed by atoms with van der Waals surface area (Å²) in [7, 11) is 0. The lowest BCUT2D eigenvalue weighted by atomic mass is 9.77. The molecule has 1 aliphatic carbocycles. The summed E-state index contributed by atoms with van der Waals surface area (Å²) < 4.78 is 95.5. The fourth-order valence-corrected chi connectivity index (χ4v) is 6.94. The zero-order valence-electron chi connectivity index (χ0n) is 25.8. The SMILES string of the molecule is CC(=O)N1CCC(CN2CC[C@@H](C(=O)N(Cc3cc(C(F)(F)F)cc(C(F)(F)F)c3)C3CC3)[C@H](c3ccc(F)cc3C)C2)CC1.Cl. The number of carbonyl (C=O) groups excluding carboxylic acids is 2. The van der Waals surface area contributed by atoms with Crippen LogP contribution in [-0.2, 0) is 28.5 Å². The van der Waals surface area contributed by atoms with Gasteiger partial charge >= 0.3 is 12.4 Å². The van der Waals surface area contributed by atoms with Crippen LogP contribution in [-0.4, -0.2) is 65.3 Å². The molecule has 0 unspecified atom stereocenters. The van der Waals surface area contributed by atoms with Gasteiger partial charge in [0, 0.05) is 57.5 Å². The van der Waals surface area contributed by atoms with Crippen molar-refractivity contribution in [3.8, 4) is 0 Å². The van der Waals surface area contributed by atoms with Crippen molar-refractivity contribution in [2.24, 2.45) is 11.8 Å². The van der Waals surface area contributed by atoms with Crippen LogP contribution in [0.3, 0.4) is 0 Å². The van der Waals surface area contributed by atoms with Crippen molar-refractivity contribution in [3.05, 3.63) is 70.0 Å². The zero-order chi connectivity index (χ0) is 32.7. The van der Waals surface area contributed by atoms with E-state index in [1.807, 2.05) is 4.90 Å². The van der Waals surface area contributed by atoms with Gasteiger partial charge < -0.3 is 14.7 Å². The van der Waals surface area contributed by atoms with Gasteiger partial charge in [-0.2, -0.15) is 26.3 Å². The summed E-state index contributed by atoms with van der Waals surface area (Å²) in [6.45, 7) is 6.24. The van der Waals surface area contributed by atoms with Gasteiger partial charge in [0.2, 0.25) is 11.8 Å². The van der Waals surface area contributed by atoms with Crippen molar-refractivity contribution >= 4 is 24.2 Å². The van der Waals surface area contributed by atoms with Crippen molar-refractivity contribution in [3.63, 3.8) is 0 Å². The van der Waals surface area contributed by atoms with Crippen LogP contribution in [0, 0.1) is 24.6 Å². The van der Waals surface area contributed by atoms with Gasteiger partial charge in [-0.1, -0.05) is 6.07 Å². The van der Waals surface area contributed by atoms with Crippen LogP contribution < -0.4 is 0 Å². The number of alkyl halides is 6. The molecule has 13 heteroatoms. The highest BCUT2D eigenvalue weighted by atomic mass is 35.5. The third-order valence-corrected chi connectivity index (χ3v) is 9.49. The third kappa shape index (κ3) is 8.53. The summed E-state index contributed by atoms with van der Waals surface area (Å²) in [4.78, 5) is 31.6. The van der Waals surface area contributed by atoms with Gasteiger partial charge in [-0.3, -0.25) is 9.59 Å². The number of piperidine rings is 2. The highest BCUT2D eigenvalue weighted by molar-refractivity contribution is 5.85. The van der Waals surface area contributed by atoms with E-state index in [0.29, 0.717) is 69.1 Å². The summed E-state index contributed by atoms with van der Waals surface area (Å²) in [5, 5.41) is 0. The molecule has 0 spiro atoms. The molecule has 254 valence electrons. The minimum atomic E-state index is -4.98. The predicted octanol–water partition coefficient (Wildman–Crippen LogP) is 7.45. The third-order valence-electron chi connectivity index (χ3n) is 9.49. The Morgan fingerprint density at radius 3 is 2.00 bits per heavy atom. The van der Waals surface area contributed by atoms with E-state index in [2.05, 4.69) is 4.90 Å². The normalized spacial score (nSPS) is 21.5. The van der Waals surface area contributed by atoms with E-state index in [1.54, 1.807) is 19.9 Å². The van der Waals surface area contributed by atoms with Crippen molar-refractivity contribution < 1.29 is 40.3 Å². The molecule has 0 aromatic heterocycles. The van der Waals surface area contributed by atoms with Gasteiger partial charge in [0.15, 0.2) is 0 Å². The summed E-state index contributed by atoms with van der Waals surface area (Å²) in [5.74, 6) is -1.19. The fourth-order valence-electron chi connectivity index (χ4n) is 6.94. The minimum Gasteiger partial charge on any atom is -0.343 e. The number of rotatable bonds is 7. The quantitative estimate of drug-likeness (QED) is 0.286. The number of amides is 2. The molecule has 2 saturated heterocycles. The van der Waals surface area contributed by atoms with Crippen LogP contribution in [0.5, 0.6) is 0 Å². The Bertz CT molecular complexity index is 1370. The second-order valence-electron chi connectivity index (χ2n) is 12.8. The Kier molecular flexibility index (Phi) is 11.0. The Labute approximate surface area is 270 Å². The maximum absolute atomic E-state index is 14.3. The molecule has 0 N–H and O–H groups in total. The number of aryl methyl sites for hydroxylation is 1. The van der Waals surface area contributed by atoms with E-state index in [0.717, 1.165) is 24.9 Å². The molecule has 2 aliphatic heterocycles. The molecule has 3 aliphatic rings. The van der Waals surface area contributed by atoms with E-state index in [-0.39, 0.29) is 54.4 Å². The molecule has 0 bridgehead atoms. The first-order valence-electron chi connectivity index (χ1n) is 15.4. The summed E-state index contributed by atoms with van der Waals surface area (Å²) in [6.07, 6.45) is -6.54. The number of carbonyl (C=O) groups is 2. The van der Waals surface area contributed by atoms with Gasteiger partial charge in [-0.25, -0.2) is 4.39 Å². The van der Waals surface area contributed by atoms with Crippen LogP contribution in [0.15, 0.2) is 36.4 Å². The standard InChI is InChI=1S/C33H38F7N3O2.ClH/c1-20-13-26(34)3-6-28(20)30-19-41(17-22-7-11-42(12-8-22)21(2)44)10-9-29(30)31(45)43(27-4-5-27)18-23-14-24(32(35,36)37)16-25(15-23)33(38,39)40;/h3,6,13-16,22,27,29-30H,4-5,7-12,17-19H2,1-2H3;1H/t29-,30+;/m1./s1. The summed E-state index contributed by atoms with van der Waals surface area (Å²) in [5.41, 5.74) is -1.54. The largest absolute Gasteiger partial charge is 0.416 e. The number of likely N-dealkylation sites (tertiary alicyclic amines) is 2. The number of nitrogens with zero attached hydrogens (tertiary/aromatic N) is 3. The first kappa shape index (κ1) is 36.0. The van der Waals surface area contributed by atoms with Crippen LogP contribution in [0.2, 0.25) is 0 Å². The Hall–Kier alpha value is -2.86. The lowest BCUT2D eigenvalue weighted by molar-refractivity contribution is -0.143. The van der Waals surface area contributed by atoms with Gasteiger partial charge in [-0.05, 0) is 98.5 Å². The van der Waals surface area contributed by atoms with E-state index in [4.69, 9.17) is 0 Å². The smallest absolute Gasteiger partial charge is 0.343 e. The van der Waals surface area contributed by atoms with Crippen LogP contribution in [0.25, 0.3) is 0 Å². The molecular formula is C33H39ClF7N3O2. The Morgan fingerprint density at radius 2 is 1.48 bits per heavy atom. The molecule has 2 aromatic rings. The average molecular weight is 678 g/mol. The molecule has 2 heterocycles. The Morgan fingerprint density at radius 1 is 0.870 bits per heavy atom. The van der Waals surface area contributed by atoms with Gasteiger partial charge in [0.05, 0.1) is 11.1 Å². The van der Waals surface area contributed by atoms with Crippen molar-refractivity contribution in [2.75, 3.05) is 32.7 Å². The van der Waals surface area contributed by atoms with Crippen LogP contribution in [0.4, 0.5) is 30.7 Å². The number of benzene rings is 2. The van der Waals surface area contributed by atoms with E-state index >= 15 is 0 Å². The molecule has 2 atom stereocenters. The first-order chi connectivity index (χ1) is 21.1. The maximum atomic E-state index is 14.3. The highest BCUT2D eigenvalue weighted by Crippen LogP contribution is 2.41. The van der Waals surface area contributed by atoms with E-state index in [9.17, 15) is 40.3 Å². The summed E-state index contributed by atoms with van der Waals surface area (Å²) in [6, 6.07) is 5.65. The number of halogens is 8. The minimum absolute atomic E-state index is 0. The monoisotopic (exact) mass is 677 g/mol. The Balaban J connectivity index is 0.00000480. The lowest BCUT2D eigenvalue weighted by Gasteiger charge is -2.42. The molecular weight excluding hydrogens is 639 g/mol. The van der Waals surface area contributed by atoms with Gasteiger partial charge in [0.1, 0.15) is 5.82 Å². The predicted molar refractivity (Wildman–Crippen MR) is 161 cm³/mol. The summed E-state index contributed by atoms with van der Waals surface area (Å²) >= 11 is 0. The molecule has 5 nitrogen and oxygen atoms in total. The van der Waals surface area contributed by atoms with Crippen molar-refractivity contribution in [1.82, 2.24) is 14.7 Å². The molecule has 1 saturated carbocycles. The van der Waals surface area contributed by atoms with Crippen LogP contribution in [0.1, 0.15) is 72.8 Å². The van der Waals surface area contributed by atoms with E-state index < -0.39 is 35.2 Å². The van der Waals surface area contributed by atoms with E-state index in [1.165, 1.54) is 17.0 Å². The maximum Gasteiger partial charge on any atom is 0.416 e. The lowest BCUT2D eigenvalue weighted by Crippen LogP contribution is -2.49. The van der Waals surface area contributed by atoms with Gasteiger partial charge in [0.25, 0.3) is 0 Å². The fraction of sp³-hybridized carbons (Fsp3) is 0.576. The molecule has 2 amide bonds. The number of hydrogen-bond acceptors (Lipinski definition) is 3. The molecule has 5 rings (SSSR count).